The third-order valence-corrected chi connectivity index (χ3v) is 4.18. The van der Waals surface area contributed by atoms with Crippen LogP contribution in [0.2, 0.25) is 0 Å². The number of hydrogen-bond donors (Lipinski definition) is 2. The lowest BCUT2D eigenvalue weighted by Gasteiger charge is -2.16. The number of nitrogens with two attached hydrogens (primary N) is 1. The van der Waals surface area contributed by atoms with E-state index in [1.807, 2.05) is 37.3 Å². The largest absolute Gasteiger partial charge is 0.457 e. The average molecular weight is 339 g/mol. The maximum Gasteiger partial charge on any atom is 0.314 e. The number of aryl methyl sites for hydroxylation is 1. The maximum absolute atomic E-state index is 12.6. The van der Waals surface area contributed by atoms with Gasteiger partial charge in [0, 0.05) is 19.1 Å². The molecule has 1 saturated heterocycles. The molecule has 1 atom stereocenters. The Balaban J connectivity index is 1.72. The lowest BCUT2D eigenvalue weighted by Crippen LogP contribution is -2.40. The molecule has 0 spiro atoms. The van der Waals surface area contributed by atoms with E-state index < -0.39 is 6.03 Å². The van der Waals surface area contributed by atoms with Crippen LogP contribution in [0.15, 0.2) is 48.5 Å². The lowest BCUT2D eigenvalue weighted by molar-refractivity contribution is 0.0935. The van der Waals surface area contributed by atoms with Gasteiger partial charge in [-0.1, -0.05) is 24.3 Å². The number of likely N-dealkylation sites (tertiary alicyclic amines) is 1. The fourth-order valence-corrected chi connectivity index (χ4v) is 2.89. The number of rotatable bonds is 4. The van der Waals surface area contributed by atoms with Crippen molar-refractivity contribution in [1.29, 1.82) is 0 Å². The van der Waals surface area contributed by atoms with E-state index in [-0.39, 0.29) is 11.9 Å². The molecule has 0 saturated carbocycles. The molecule has 6 heteroatoms. The summed E-state index contributed by atoms with van der Waals surface area (Å²) in [5.74, 6) is 0.955. The van der Waals surface area contributed by atoms with E-state index >= 15 is 0 Å². The van der Waals surface area contributed by atoms with E-state index in [1.165, 1.54) is 4.90 Å². The van der Waals surface area contributed by atoms with Crippen LogP contribution in [0.1, 0.15) is 22.3 Å². The molecule has 0 radical (unpaired) electrons. The Bertz CT molecular complexity index is 791. The van der Waals surface area contributed by atoms with Crippen LogP contribution < -0.4 is 15.8 Å². The second-order valence-corrected chi connectivity index (χ2v) is 6.16. The van der Waals surface area contributed by atoms with Gasteiger partial charge in [-0.2, -0.15) is 0 Å². The molecule has 2 aromatic rings. The van der Waals surface area contributed by atoms with Gasteiger partial charge in [-0.25, -0.2) is 4.79 Å². The summed E-state index contributed by atoms with van der Waals surface area (Å²) < 4.78 is 5.89. The molecule has 1 heterocycles. The van der Waals surface area contributed by atoms with Crippen LogP contribution in [0.5, 0.6) is 11.5 Å². The molecule has 1 aliphatic heterocycles. The highest BCUT2D eigenvalue weighted by atomic mass is 16.5. The number of nitrogens with zero attached hydrogens (tertiary/aromatic N) is 1. The molecule has 0 bridgehead atoms. The number of urea groups is 1. The zero-order valence-corrected chi connectivity index (χ0v) is 14.1. The van der Waals surface area contributed by atoms with Crippen molar-refractivity contribution in [2.45, 2.75) is 19.4 Å². The van der Waals surface area contributed by atoms with Crippen LogP contribution >= 0.6 is 0 Å². The van der Waals surface area contributed by atoms with Crippen molar-refractivity contribution in [3.8, 4) is 11.5 Å². The third kappa shape index (κ3) is 4.09. The van der Waals surface area contributed by atoms with Gasteiger partial charge in [-0.15, -0.1) is 0 Å². The fraction of sp³-hybridized carbons (Fsp3) is 0.263. The van der Waals surface area contributed by atoms with Crippen molar-refractivity contribution in [3.63, 3.8) is 0 Å². The van der Waals surface area contributed by atoms with Crippen molar-refractivity contribution in [2.24, 2.45) is 5.73 Å². The van der Waals surface area contributed by atoms with Gasteiger partial charge >= 0.3 is 6.03 Å². The van der Waals surface area contributed by atoms with Crippen LogP contribution in [-0.2, 0) is 0 Å². The first-order chi connectivity index (χ1) is 12.0. The Morgan fingerprint density at radius 3 is 2.72 bits per heavy atom. The molecule has 1 aliphatic rings. The monoisotopic (exact) mass is 339 g/mol. The minimum absolute atomic E-state index is 0.105. The van der Waals surface area contributed by atoms with Gasteiger partial charge in [0.25, 0.3) is 5.91 Å². The third-order valence-electron chi connectivity index (χ3n) is 4.18. The number of benzene rings is 2. The molecule has 2 aromatic carbocycles. The highest BCUT2D eigenvalue weighted by Crippen LogP contribution is 2.26. The molecule has 1 fully saturated rings. The van der Waals surface area contributed by atoms with Gasteiger partial charge in [0.15, 0.2) is 0 Å². The second-order valence-electron chi connectivity index (χ2n) is 6.16. The normalized spacial score (nSPS) is 16.5. The molecule has 3 rings (SSSR count). The second kappa shape index (κ2) is 7.25. The number of carbonyl (C=O) groups excluding carboxylic acids is 2. The van der Waals surface area contributed by atoms with E-state index in [0.717, 1.165) is 5.56 Å². The topological polar surface area (TPSA) is 84.7 Å². The Kier molecular flexibility index (Phi) is 4.88. The molecular formula is C19H21N3O3. The first kappa shape index (κ1) is 16.8. The van der Waals surface area contributed by atoms with Crippen LogP contribution in [-0.4, -0.2) is 36.0 Å². The zero-order valence-electron chi connectivity index (χ0n) is 14.1. The summed E-state index contributed by atoms with van der Waals surface area (Å²) in [6.45, 7) is 2.97. The summed E-state index contributed by atoms with van der Waals surface area (Å²) in [4.78, 5) is 25.4. The average Bonchev–Trinajstić information content (AvgIpc) is 3.04. The molecule has 3 amide bonds. The summed E-state index contributed by atoms with van der Waals surface area (Å²) >= 11 is 0. The maximum atomic E-state index is 12.6. The van der Waals surface area contributed by atoms with Crippen LogP contribution in [0, 0.1) is 6.92 Å². The predicted molar refractivity (Wildman–Crippen MR) is 94.7 cm³/mol. The number of carbonyl (C=O) groups is 2. The van der Waals surface area contributed by atoms with Crippen LogP contribution in [0.4, 0.5) is 4.79 Å². The molecule has 0 unspecified atom stereocenters. The number of primary amides is 1. The first-order valence-corrected chi connectivity index (χ1v) is 8.22. The summed E-state index contributed by atoms with van der Waals surface area (Å²) in [6.07, 6.45) is 0.690. The highest BCUT2D eigenvalue weighted by Gasteiger charge is 2.27. The summed E-state index contributed by atoms with van der Waals surface area (Å²) in [5.41, 5.74) is 6.82. The molecule has 0 aliphatic carbocycles. The van der Waals surface area contributed by atoms with Gasteiger partial charge in [0.2, 0.25) is 0 Å². The highest BCUT2D eigenvalue weighted by molar-refractivity contribution is 5.97. The number of amides is 3. The van der Waals surface area contributed by atoms with Crippen molar-refractivity contribution >= 4 is 11.9 Å². The smallest absolute Gasteiger partial charge is 0.314 e. The molecule has 0 aromatic heterocycles. The summed E-state index contributed by atoms with van der Waals surface area (Å²) in [5, 5.41) is 2.95. The predicted octanol–water partition coefficient (Wildman–Crippen LogP) is 2.67. The van der Waals surface area contributed by atoms with E-state index in [2.05, 4.69) is 5.32 Å². The van der Waals surface area contributed by atoms with E-state index in [0.29, 0.717) is 36.6 Å². The summed E-state index contributed by atoms with van der Waals surface area (Å²) in [7, 11) is 0. The van der Waals surface area contributed by atoms with Gasteiger partial charge in [-0.3, -0.25) is 4.79 Å². The Hall–Kier alpha value is -3.02. The molecule has 6 nitrogen and oxygen atoms in total. The fourth-order valence-electron chi connectivity index (χ4n) is 2.89. The first-order valence-electron chi connectivity index (χ1n) is 8.22. The Morgan fingerprint density at radius 2 is 2.00 bits per heavy atom. The summed E-state index contributed by atoms with van der Waals surface area (Å²) in [6, 6.07) is 14.2. The molecule has 3 N–H and O–H groups in total. The SMILES string of the molecule is Cc1cccc(Oc2ccccc2C(=O)N[C@@H]2CCN(C(N)=O)C2)c1. The number of para-hydroxylation sites is 1. The minimum atomic E-state index is -0.458. The van der Waals surface area contributed by atoms with Gasteiger partial charge in [0.05, 0.1) is 5.56 Å². The lowest BCUT2D eigenvalue weighted by atomic mass is 10.1. The van der Waals surface area contributed by atoms with Crippen molar-refractivity contribution < 1.29 is 14.3 Å². The van der Waals surface area contributed by atoms with Gasteiger partial charge in [0.1, 0.15) is 11.5 Å². The number of nitrogens with one attached hydrogen (secondary N) is 1. The van der Waals surface area contributed by atoms with E-state index in [1.54, 1.807) is 18.2 Å². The van der Waals surface area contributed by atoms with Crippen LogP contribution in [0.3, 0.4) is 0 Å². The Labute approximate surface area is 146 Å². The quantitative estimate of drug-likeness (QED) is 0.898. The van der Waals surface area contributed by atoms with Crippen LogP contribution in [0.25, 0.3) is 0 Å². The molecule has 25 heavy (non-hydrogen) atoms. The van der Waals surface area contributed by atoms with E-state index in [9.17, 15) is 9.59 Å². The molecular weight excluding hydrogens is 318 g/mol. The number of ether oxygens (including phenoxy) is 1. The molecule has 130 valence electrons. The standard InChI is InChI=1S/C19H21N3O3/c1-13-5-4-6-15(11-13)25-17-8-3-2-7-16(17)18(23)21-14-9-10-22(12-14)19(20)24/h2-8,11,14H,9-10,12H2,1H3,(H2,20,24)(H,21,23)/t14-/m1/s1. The van der Waals surface area contributed by atoms with Gasteiger partial charge in [-0.05, 0) is 43.2 Å². The van der Waals surface area contributed by atoms with Gasteiger partial charge < -0.3 is 20.7 Å². The number of hydrogen-bond acceptors (Lipinski definition) is 3. The van der Waals surface area contributed by atoms with Crippen molar-refractivity contribution in [3.05, 3.63) is 59.7 Å². The Morgan fingerprint density at radius 1 is 1.20 bits per heavy atom. The zero-order chi connectivity index (χ0) is 17.8. The van der Waals surface area contributed by atoms with Crippen molar-refractivity contribution in [1.82, 2.24) is 10.2 Å². The minimum Gasteiger partial charge on any atom is -0.457 e. The van der Waals surface area contributed by atoms with E-state index in [4.69, 9.17) is 10.5 Å². The van der Waals surface area contributed by atoms with Crippen molar-refractivity contribution in [2.75, 3.05) is 13.1 Å².